The third kappa shape index (κ3) is 2.49. The molecular weight excluding hydrogens is 258 g/mol. The maximum absolute atomic E-state index is 6.13. The summed E-state index contributed by atoms with van der Waals surface area (Å²) in [6, 6.07) is 6.88. The average Bonchev–Trinajstić information content (AvgIpc) is 3.17. The highest BCUT2D eigenvalue weighted by Crippen LogP contribution is 2.40. The number of benzene rings is 1. The van der Waals surface area contributed by atoms with E-state index in [9.17, 15) is 0 Å². The van der Waals surface area contributed by atoms with Gasteiger partial charge in [-0.05, 0) is 50.9 Å². The van der Waals surface area contributed by atoms with Crippen molar-refractivity contribution in [3.63, 3.8) is 0 Å². The number of hydrogen-bond donors (Lipinski definition) is 1. The van der Waals surface area contributed by atoms with Gasteiger partial charge in [0.2, 0.25) is 0 Å². The van der Waals surface area contributed by atoms with Crippen molar-refractivity contribution in [2.24, 2.45) is 0 Å². The smallest absolute Gasteiger partial charge is 0.127 e. The van der Waals surface area contributed by atoms with Gasteiger partial charge >= 0.3 is 0 Å². The zero-order chi connectivity index (χ0) is 13.4. The molecule has 0 amide bonds. The van der Waals surface area contributed by atoms with E-state index in [1.54, 1.807) is 0 Å². The molecule has 1 atom stereocenters. The summed E-state index contributed by atoms with van der Waals surface area (Å²) < 4.78 is 2.38. The Labute approximate surface area is 119 Å². The van der Waals surface area contributed by atoms with Gasteiger partial charge in [-0.2, -0.15) is 0 Å². The van der Waals surface area contributed by atoms with E-state index in [0.717, 1.165) is 29.3 Å². The van der Waals surface area contributed by atoms with Gasteiger partial charge in [-0.15, -0.1) is 0 Å². The first-order valence-electron chi connectivity index (χ1n) is 7.11. The Kier molecular flexibility index (Phi) is 3.50. The van der Waals surface area contributed by atoms with Gasteiger partial charge in [-0.3, -0.25) is 0 Å². The molecule has 3 rings (SSSR count). The fourth-order valence-corrected chi connectivity index (χ4v) is 2.73. The highest BCUT2D eigenvalue weighted by atomic mass is 35.5. The Morgan fingerprint density at radius 1 is 1.47 bits per heavy atom. The highest BCUT2D eigenvalue weighted by Gasteiger charge is 2.29. The molecule has 19 heavy (non-hydrogen) atoms. The molecule has 0 aliphatic heterocycles. The fourth-order valence-electron chi connectivity index (χ4n) is 2.56. The van der Waals surface area contributed by atoms with Crippen molar-refractivity contribution >= 4 is 22.6 Å². The molecule has 1 aromatic carbocycles. The second-order valence-corrected chi connectivity index (χ2v) is 5.82. The molecule has 2 aromatic rings. The van der Waals surface area contributed by atoms with Gasteiger partial charge in [0.25, 0.3) is 0 Å². The monoisotopic (exact) mass is 277 g/mol. The maximum atomic E-state index is 6.13. The van der Waals surface area contributed by atoms with Gasteiger partial charge in [-0.1, -0.05) is 18.5 Å². The van der Waals surface area contributed by atoms with Crippen LogP contribution in [-0.2, 0) is 0 Å². The lowest BCUT2D eigenvalue weighted by molar-refractivity contribution is 0.518. The summed E-state index contributed by atoms with van der Waals surface area (Å²) in [5.74, 6) is 1.15. The minimum Gasteiger partial charge on any atom is -0.324 e. The summed E-state index contributed by atoms with van der Waals surface area (Å²) in [7, 11) is 0. The van der Waals surface area contributed by atoms with E-state index in [0.29, 0.717) is 6.04 Å². The highest BCUT2D eigenvalue weighted by molar-refractivity contribution is 6.31. The molecular formula is C15H20ClN3. The molecule has 102 valence electrons. The Balaban J connectivity index is 2.05. The van der Waals surface area contributed by atoms with E-state index in [1.807, 2.05) is 18.2 Å². The molecule has 1 unspecified atom stereocenters. The average molecular weight is 278 g/mol. The van der Waals surface area contributed by atoms with Gasteiger partial charge < -0.3 is 9.88 Å². The quantitative estimate of drug-likeness (QED) is 0.892. The van der Waals surface area contributed by atoms with Gasteiger partial charge in [0.05, 0.1) is 17.1 Å². The maximum Gasteiger partial charge on any atom is 0.127 e. The number of rotatable bonds is 5. The van der Waals surface area contributed by atoms with Gasteiger partial charge in [0.1, 0.15) is 5.82 Å². The molecule has 0 spiro atoms. The van der Waals surface area contributed by atoms with Gasteiger partial charge in [-0.25, -0.2) is 4.98 Å². The van der Waals surface area contributed by atoms with E-state index >= 15 is 0 Å². The zero-order valence-electron chi connectivity index (χ0n) is 11.5. The van der Waals surface area contributed by atoms with Crippen LogP contribution in [-0.4, -0.2) is 16.1 Å². The van der Waals surface area contributed by atoms with Crippen LogP contribution in [0.4, 0.5) is 0 Å². The molecule has 1 aliphatic rings. The number of hydrogen-bond acceptors (Lipinski definition) is 2. The van der Waals surface area contributed by atoms with Crippen molar-refractivity contribution in [3.8, 4) is 0 Å². The first-order chi connectivity index (χ1) is 9.20. The molecule has 0 bridgehead atoms. The van der Waals surface area contributed by atoms with E-state index in [1.165, 1.54) is 18.4 Å². The summed E-state index contributed by atoms with van der Waals surface area (Å²) in [5.41, 5.74) is 2.23. The lowest BCUT2D eigenvalue weighted by Gasteiger charge is -2.15. The Bertz CT molecular complexity index is 586. The standard InChI is InChI=1S/C15H20ClN3/c1-3-8-17-10(2)15-18-13-7-4-11(16)9-14(13)19(15)12-5-6-12/h4,7,9-10,12,17H,3,5-6,8H2,1-2H3. The van der Waals surface area contributed by atoms with E-state index < -0.39 is 0 Å². The fraction of sp³-hybridized carbons (Fsp3) is 0.533. The predicted octanol–water partition coefficient (Wildman–Crippen LogP) is 4.09. The van der Waals surface area contributed by atoms with Crippen molar-refractivity contribution in [1.82, 2.24) is 14.9 Å². The normalized spacial score (nSPS) is 17.0. The summed E-state index contributed by atoms with van der Waals surface area (Å²) in [5, 5.41) is 4.32. The third-order valence-electron chi connectivity index (χ3n) is 3.68. The molecule has 3 nitrogen and oxygen atoms in total. The Morgan fingerprint density at radius 3 is 2.95 bits per heavy atom. The molecule has 1 aliphatic carbocycles. The van der Waals surface area contributed by atoms with E-state index in [-0.39, 0.29) is 6.04 Å². The summed E-state index contributed by atoms with van der Waals surface area (Å²) in [6.45, 7) is 5.40. The summed E-state index contributed by atoms with van der Waals surface area (Å²) in [4.78, 5) is 4.81. The zero-order valence-corrected chi connectivity index (χ0v) is 12.2. The number of imidazole rings is 1. The van der Waals surface area contributed by atoms with E-state index in [4.69, 9.17) is 16.6 Å². The van der Waals surface area contributed by atoms with Crippen molar-refractivity contribution in [2.45, 2.75) is 45.2 Å². The third-order valence-corrected chi connectivity index (χ3v) is 3.91. The van der Waals surface area contributed by atoms with Crippen LogP contribution >= 0.6 is 11.6 Å². The van der Waals surface area contributed by atoms with Crippen molar-refractivity contribution < 1.29 is 0 Å². The second kappa shape index (κ2) is 5.14. The Morgan fingerprint density at radius 2 is 2.26 bits per heavy atom. The second-order valence-electron chi connectivity index (χ2n) is 5.38. The van der Waals surface area contributed by atoms with Crippen LogP contribution < -0.4 is 5.32 Å². The van der Waals surface area contributed by atoms with Crippen molar-refractivity contribution in [1.29, 1.82) is 0 Å². The number of fused-ring (bicyclic) bond motifs is 1. The van der Waals surface area contributed by atoms with Crippen LogP contribution in [0.25, 0.3) is 11.0 Å². The van der Waals surface area contributed by atoms with Crippen LogP contribution in [0.15, 0.2) is 18.2 Å². The number of aromatic nitrogens is 2. The number of nitrogens with one attached hydrogen (secondary N) is 1. The molecule has 1 saturated carbocycles. The first-order valence-corrected chi connectivity index (χ1v) is 7.49. The molecule has 0 saturated heterocycles. The van der Waals surface area contributed by atoms with Gasteiger partial charge in [0.15, 0.2) is 0 Å². The summed E-state index contributed by atoms with van der Waals surface area (Å²) in [6.07, 6.45) is 3.65. The van der Waals surface area contributed by atoms with Crippen molar-refractivity contribution in [3.05, 3.63) is 29.0 Å². The SMILES string of the molecule is CCCNC(C)c1nc2ccc(Cl)cc2n1C1CC1. The lowest BCUT2D eigenvalue weighted by atomic mass is 10.3. The van der Waals surface area contributed by atoms with Crippen LogP contribution in [0, 0.1) is 0 Å². The van der Waals surface area contributed by atoms with Crippen LogP contribution in [0.1, 0.15) is 51.0 Å². The van der Waals surface area contributed by atoms with Crippen LogP contribution in [0.2, 0.25) is 5.02 Å². The van der Waals surface area contributed by atoms with E-state index in [2.05, 4.69) is 23.7 Å². The van der Waals surface area contributed by atoms with Crippen LogP contribution in [0.3, 0.4) is 0 Å². The lowest BCUT2D eigenvalue weighted by Crippen LogP contribution is -2.22. The first kappa shape index (κ1) is 12.9. The molecule has 1 aromatic heterocycles. The van der Waals surface area contributed by atoms with Gasteiger partial charge in [0, 0.05) is 11.1 Å². The topological polar surface area (TPSA) is 29.9 Å². The molecule has 1 N–H and O–H groups in total. The largest absolute Gasteiger partial charge is 0.324 e. The van der Waals surface area contributed by atoms with Crippen LogP contribution in [0.5, 0.6) is 0 Å². The Hall–Kier alpha value is -1.06. The molecule has 1 heterocycles. The molecule has 4 heteroatoms. The minimum absolute atomic E-state index is 0.284. The van der Waals surface area contributed by atoms with Crippen molar-refractivity contribution in [2.75, 3.05) is 6.54 Å². The molecule has 1 fully saturated rings. The number of nitrogens with zero attached hydrogens (tertiary/aromatic N) is 2. The molecule has 0 radical (unpaired) electrons. The summed E-state index contributed by atoms with van der Waals surface area (Å²) >= 11 is 6.13. The number of halogens is 1. The predicted molar refractivity (Wildman–Crippen MR) is 79.7 cm³/mol. The minimum atomic E-state index is 0.284.